The summed E-state index contributed by atoms with van der Waals surface area (Å²) in [6, 6.07) is 17.6. The SMILES string of the molecule is N#Cc1cccc(-c2ccc(N(CCN3CCC[C@H]3O)C(=O)Nc3ccc(F)c(C(F)(F)F)c3)cc2)c1. The maximum Gasteiger partial charge on any atom is 0.419 e. The molecule has 2 N–H and O–H groups in total. The lowest BCUT2D eigenvalue weighted by Gasteiger charge is -2.27. The molecule has 2 amide bonds. The van der Waals surface area contributed by atoms with E-state index in [0.29, 0.717) is 42.9 Å². The van der Waals surface area contributed by atoms with Gasteiger partial charge in [-0.15, -0.1) is 0 Å². The minimum Gasteiger partial charge on any atom is -0.378 e. The maximum atomic E-state index is 13.7. The van der Waals surface area contributed by atoms with E-state index >= 15 is 0 Å². The van der Waals surface area contributed by atoms with Crippen LogP contribution in [0.3, 0.4) is 0 Å². The Bertz CT molecular complexity index is 1300. The van der Waals surface area contributed by atoms with E-state index in [-0.39, 0.29) is 12.2 Å². The summed E-state index contributed by atoms with van der Waals surface area (Å²) < 4.78 is 53.1. The van der Waals surface area contributed by atoms with Crippen LogP contribution in [0.4, 0.5) is 33.7 Å². The number of amides is 2. The molecule has 192 valence electrons. The van der Waals surface area contributed by atoms with E-state index in [1.54, 1.807) is 42.5 Å². The second kappa shape index (κ2) is 11.0. The zero-order chi connectivity index (χ0) is 26.6. The third-order valence-corrected chi connectivity index (χ3v) is 6.21. The first-order chi connectivity index (χ1) is 17.7. The number of carbonyl (C=O) groups is 1. The number of carbonyl (C=O) groups excluding carboxylic acids is 1. The van der Waals surface area contributed by atoms with Crippen molar-refractivity contribution in [2.45, 2.75) is 25.2 Å². The predicted molar refractivity (Wildman–Crippen MR) is 131 cm³/mol. The Morgan fingerprint density at radius 1 is 1.11 bits per heavy atom. The number of likely N-dealkylation sites (tertiary alicyclic amines) is 1. The number of hydrogen-bond donors (Lipinski definition) is 2. The van der Waals surface area contributed by atoms with Gasteiger partial charge < -0.3 is 10.4 Å². The Morgan fingerprint density at radius 2 is 1.86 bits per heavy atom. The number of benzene rings is 3. The smallest absolute Gasteiger partial charge is 0.378 e. The first-order valence-electron chi connectivity index (χ1n) is 11.6. The minimum atomic E-state index is -4.91. The normalized spacial score (nSPS) is 15.8. The highest BCUT2D eigenvalue weighted by Gasteiger charge is 2.34. The number of aliphatic hydroxyl groups is 1. The summed E-state index contributed by atoms with van der Waals surface area (Å²) in [5, 5.41) is 21.7. The van der Waals surface area contributed by atoms with Gasteiger partial charge in [0.05, 0.1) is 17.2 Å². The number of hydrogen-bond acceptors (Lipinski definition) is 4. The summed E-state index contributed by atoms with van der Waals surface area (Å²) in [4.78, 5) is 16.4. The minimum absolute atomic E-state index is 0.152. The van der Waals surface area contributed by atoms with Crippen LogP contribution in [0.15, 0.2) is 66.7 Å². The summed E-state index contributed by atoms with van der Waals surface area (Å²) in [5.41, 5.74) is 0.932. The number of urea groups is 1. The molecule has 1 heterocycles. The Hall–Kier alpha value is -3.94. The topological polar surface area (TPSA) is 79.6 Å². The molecule has 0 spiro atoms. The van der Waals surface area contributed by atoms with Crippen molar-refractivity contribution in [1.82, 2.24) is 4.90 Å². The summed E-state index contributed by atoms with van der Waals surface area (Å²) in [6.45, 7) is 1.16. The van der Waals surface area contributed by atoms with Gasteiger partial charge in [-0.1, -0.05) is 24.3 Å². The van der Waals surface area contributed by atoms with Crippen LogP contribution in [0.2, 0.25) is 0 Å². The number of halogens is 4. The molecule has 1 aliphatic heterocycles. The van der Waals surface area contributed by atoms with Gasteiger partial charge in [-0.05, 0) is 66.4 Å². The molecule has 0 saturated carbocycles. The molecule has 1 aliphatic rings. The molecule has 3 aromatic carbocycles. The molecular weight excluding hydrogens is 488 g/mol. The average Bonchev–Trinajstić information content (AvgIpc) is 3.29. The van der Waals surface area contributed by atoms with Crippen molar-refractivity contribution < 1.29 is 27.5 Å². The van der Waals surface area contributed by atoms with Crippen LogP contribution in [-0.2, 0) is 6.18 Å². The molecule has 0 unspecified atom stereocenters. The maximum absolute atomic E-state index is 13.7. The van der Waals surface area contributed by atoms with E-state index in [1.807, 2.05) is 11.0 Å². The predicted octanol–water partition coefficient (Wildman–Crippen LogP) is 5.84. The van der Waals surface area contributed by atoms with E-state index in [2.05, 4.69) is 11.4 Å². The van der Waals surface area contributed by atoms with E-state index in [9.17, 15) is 27.5 Å². The van der Waals surface area contributed by atoms with Crippen molar-refractivity contribution in [3.05, 3.63) is 83.7 Å². The van der Waals surface area contributed by atoms with Gasteiger partial charge in [0.15, 0.2) is 0 Å². The van der Waals surface area contributed by atoms with Crippen molar-refractivity contribution in [3.63, 3.8) is 0 Å². The lowest BCUT2D eigenvalue weighted by Crippen LogP contribution is -2.42. The first kappa shape index (κ1) is 26.1. The van der Waals surface area contributed by atoms with Crippen LogP contribution in [0.5, 0.6) is 0 Å². The van der Waals surface area contributed by atoms with Crippen LogP contribution in [0, 0.1) is 17.1 Å². The van der Waals surface area contributed by atoms with Crippen LogP contribution in [-0.4, -0.2) is 41.9 Å². The van der Waals surface area contributed by atoms with Gasteiger partial charge in [0.25, 0.3) is 0 Å². The van der Waals surface area contributed by atoms with E-state index in [0.717, 1.165) is 23.6 Å². The van der Waals surface area contributed by atoms with Gasteiger partial charge in [0.1, 0.15) is 12.0 Å². The number of rotatable bonds is 6. The molecule has 0 bridgehead atoms. The average molecular weight is 513 g/mol. The van der Waals surface area contributed by atoms with Crippen LogP contribution >= 0.6 is 0 Å². The van der Waals surface area contributed by atoms with Crippen molar-refractivity contribution in [2.24, 2.45) is 0 Å². The molecule has 3 aromatic rings. The summed E-state index contributed by atoms with van der Waals surface area (Å²) >= 11 is 0. The number of nitrogens with zero attached hydrogens (tertiary/aromatic N) is 3. The quantitative estimate of drug-likeness (QED) is 0.407. The van der Waals surface area contributed by atoms with Crippen molar-refractivity contribution >= 4 is 17.4 Å². The standard InChI is InChI=1S/C27H24F4N4O2/c28-24-11-8-21(16-23(24)27(29,30)31)33-26(37)35(14-13-34-12-2-5-25(34)36)22-9-6-19(7-10-22)20-4-1-3-18(15-20)17-32/h1,3-4,6-11,15-16,25,36H,2,5,12-14H2,(H,33,37)/t25-/m1/s1. The molecular formula is C27H24F4N4O2. The highest BCUT2D eigenvalue weighted by Crippen LogP contribution is 2.33. The van der Waals surface area contributed by atoms with E-state index in [1.165, 1.54) is 4.90 Å². The van der Waals surface area contributed by atoms with Gasteiger partial charge in [0, 0.05) is 31.0 Å². The Kier molecular flexibility index (Phi) is 7.76. The second-order valence-electron chi connectivity index (χ2n) is 8.67. The van der Waals surface area contributed by atoms with E-state index in [4.69, 9.17) is 5.26 Å². The number of aliphatic hydroxyl groups excluding tert-OH is 1. The zero-order valence-corrected chi connectivity index (χ0v) is 19.7. The fourth-order valence-electron chi connectivity index (χ4n) is 4.26. The Labute approximate surface area is 211 Å². The number of anilines is 2. The molecule has 1 saturated heterocycles. The van der Waals surface area contributed by atoms with Gasteiger partial charge in [0.2, 0.25) is 0 Å². The number of nitrogens with one attached hydrogen (secondary N) is 1. The van der Waals surface area contributed by atoms with Gasteiger partial charge in [-0.25, -0.2) is 9.18 Å². The lowest BCUT2D eigenvalue weighted by atomic mass is 10.0. The van der Waals surface area contributed by atoms with Crippen molar-refractivity contribution in [1.29, 1.82) is 5.26 Å². The number of nitriles is 1. The molecule has 0 aromatic heterocycles. The third kappa shape index (κ3) is 6.25. The summed E-state index contributed by atoms with van der Waals surface area (Å²) in [5.74, 6) is -1.43. The zero-order valence-electron chi connectivity index (χ0n) is 19.7. The molecule has 0 radical (unpaired) electrons. The molecule has 1 atom stereocenters. The Balaban J connectivity index is 1.59. The highest BCUT2D eigenvalue weighted by atomic mass is 19.4. The van der Waals surface area contributed by atoms with Crippen LogP contribution < -0.4 is 10.2 Å². The number of alkyl halides is 3. The summed E-state index contributed by atoms with van der Waals surface area (Å²) in [7, 11) is 0. The fourth-order valence-corrected chi connectivity index (χ4v) is 4.26. The largest absolute Gasteiger partial charge is 0.419 e. The van der Waals surface area contributed by atoms with Crippen LogP contribution in [0.25, 0.3) is 11.1 Å². The highest BCUT2D eigenvalue weighted by molar-refractivity contribution is 6.02. The molecule has 1 fully saturated rings. The molecule has 4 rings (SSSR count). The summed E-state index contributed by atoms with van der Waals surface area (Å²) in [6.07, 6.45) is -4.08. The third-order valence-electron chi connectivity index (χ3n) is 6.21. The second-order valence-corrected chi connectivity index (χ2v) is 8.67. The molecule has 37 heavy (non-hydrogen) atoms. The first-order valence-corrected chi connectivity index (χ1v) is 11.6. The monoisotopic (exact) mass is 512 g/mol. The van der Waals surface area contributed by atoms with Gasteiger partial charge in [-0.3, -0.25) is 9.80 Å². The van der Waals surface area contributed by atoms with E-state index < -0.39 is 29.8 Å². The molecule has 10 heteroatoms. The fraction of sp³-hybridized carbons (Fsp3) is 0.259. The Morgan fingerprint density at radius 3 is 2.51 bits per heavy atom. The lowest BCUT2D eigenvalue weighted by molar-refractivity contribution is -0.139. The van der Waals surface area contributed by atoms with Gasteiger partial charge >= 0.3 is 12.2 Å². The van der Waals surface area contributed by atoms with Crippen molar-refractivity contribution in [2.75, 3.05) is 29.9 Å². The van der Waals surface area contributed by atoms with Crippen LogP contribution in [0.1, 0.15) is 24.0 Å². The van der Waals surface area contributed by atoms with Crippen molar-refractivity contribution in [3.8, 4) is 17.2 Å². The molecule has 6 nitrogen and oxygen atoms in total. The molecule has 0 aliphatic carbocycles. The van der Waals surface area contributed by atoms with Gasteiger partial charge in [-0.2, -0.15) is 18.4 Å².